The van der Waals surface area contributed by atoms with Gasteiger partial charge in [-0.3, -0.25) is 15.6 Å². The smallest absolute Gasteiger partial charge is 0.334 e. The molecule has 0 unspecified atom stereocenters. The molecule has 1 aromatic rings. The van der Waals surface area contributed by atoms with Gasteiger partial charge < -0.3 is 10.5 Å². The van der Waals surface area contributed by atoms with Crippen molar-refractivity contribution in [2.45, 2.75) is 6.92 Å². The Kier molecular flexibility index (Phi) is 5.24. The van der Waals surface area contributed by atoms with Crippen LogP contribution in [0.25, 0.3) is 0 Å². The van der Waals surface area contributed by atoms with Crippen LogP contribution in [0.2, 0.25) is 0 Å². The largest absolute Gasteiger partial charge is 0.463 e. The molecule has 1 aromatic carbocycles. The predicted octanol–water partition coefficient (Wildman–Crippen LogP) is 0.284. The molecule has 1 rings (SSSR count). The maximum atomic E-state index is 11.6. The Morgan fingerprint density at radius 2 is 1.94 bits per heavy atom. The SMILES string of the molecule is CCOC(=O)/C=C(\N)NNC(=O)c1ccccc1. The van der Waals surface area contributed by atoms with Crippen LogP contribution in [0.3, 0.4) is 0 Å². The van der Waals surface area contributed by atoms with Crippen molar-refractivity contribution in [3.63, 3.8) is 0 Å². The number of hydrogen-bond acceptors (Lipinski definition) is 5. The van der Waals surface area contributed by atoms with Crippen LogP contribution in [-0.4, -0.2) is 18.5 Å². The highest BCUT2D eigenvalue weighted by Gasteiger charge is 2.04. The van der Waals surface area contributed by atoms with E-state index in [0.29, 0.717) is 5.56 Å². The first-order valence-electron chi connectivity index (χ1n) is 5.38. The van der Waals surface area contributed by atoms with Gasteiger partial charge >= 0.3 is 5.97 Å². The lowest BCUT2D eigenvalue weighted by molar-refractivity contribution is -0.137. The Morgan fingerprint density at radius 3 is 2.56 bits per heavy atom. The van der Waals surface area contributed by atoms with Gasteiger partial charge in [0.15, 0.2) is 0 Å². The third-order valence-electron chi connectivity index (χ3n) is 1.92. The quantitative estimate of drug-likeness (QED) is 0.396. The number of nitrogens with one attached hydrogen (secondary N) is 2. The Labute approximate surface area is 105 Å². The van der Waals surface area contributed by atoms with Crippen LogP contribution in [0.4, 0.5) is 0 Å². The lowest BCUT2D eigenvalue weighted by Gasteiger charge is -2.08. The zero-order chi connectivity index (χ0) is 13.4. The van der Waals surface area contributed by atoms with E-state index < -0.39 is 5.97 Å². The first-order chi connectivity index (χ1) is 8.63. The molecular formula is C12H15N3O3. The van der Waals surface area contributed by atoms with E-state index >= 15 is 0 Å². The summed E-state index contributed by atoms with van der Waals surface area (Å²) in [5, 5.41) is 0. The van der Waals surface area contributed by atoms with Crippen molar-refractivity contribution in [2.24, 2.45) is 5.73 Å². The van der Waals surface area contributed by atoms with E-state index in [4.69, 9.17) is 5.73 Å². The maximum absolute atomic E-state index is 11.6. The fourth-order valence-electron chi connectivity index (χ4n) is 1.14. The van der Waals surface area contributed by atoms with Crippen LogP contribution < -0.4 is 16.6 Å². The molecule has 0 atom stereocenters. The van der Waals surface area contributed by atoms with Gasteiger partial charge in [0.05, 0.1) is 12.7 Å². The van der Waals surface area contributed by atoms with Crippen molar-refractivity contribution >= 4 is 11.9 Å². The van der Waals surface area contributed by atoms with Gasteiger partial charge in [0.25, 0.3) is 5.91 Å². The van der Waals surface area contributed by atoms with Gasteiger partial charge in [-0.15, -0.1) is 0 Å². The number of benzene rings is 1. The van der Waals surface area contributed by atoms with Crippen LogP contribution in [0.1, 0.15) is 17.3 Å². The minimum atomic E-state index is -0.573. The van der Waals surface area contributed by atoms with Gasteiger partial charge in [0, 0.05) is 5.56 Å². The Hall–Kier alpha value is -2.50. The lowest BCUT2D eigenvalue weighted by atomic mass is 10.2. The van der Waals surface area contributed by atoms with Crippen LogP contribution in [-0.2, 0) is 9.53 Å². The summed E-state index contributed by atoms with van der Waals surface area (Å²) in [6.07, 6.45) is 1.05. The minimum Gasteiger partial charge on any atom is -0.463 e. The zero-order valence-corrected chi connectivity index (χ0v) is 9.97. The van der Waals surface area contributed by atoms with Crippen LogP contribution in [0, 0.1) is 0 Å². The number of rotatable bonds is 5. The molecule has 0 saturated heterocycles. The van der Waals surface area contributed by atoms with Gasteiger partial charge in [-0.05, 0) is 19.1 Å². The second-order valence-corrected chi connectivity index (χ2v) is 3.30. The molecule has 0 aromatic heterocycles. The molecule has 6 nitrogen and oxygen atoms in total. The first-order valence-corrected chi connectivity index (χ1v) is 5.38. The number of carbonyl (C=O) groups is 2. The third-order valence-corrected chi connectivity index (χ3v) is 1.92. The number of amides is 1. The molecule has 1 amide bonds. The molecule has 0 aliphatic rings. The maximum Gasteiger partial charge on any atom is 0.334 e. The molecule has 18 heavy (non-hydrogen) atoms. The molecule has 0 saturated carbocycles. The highest BCUT2D eigenvalue weighted by atomic mass is 16.5. The van der Waals surface area contributed by atoms with Crippen molar-refractivity contribution in [3.8, 4) is 0 Å². The number of carbonyl (C=O) groups excluding carboxylic acids is 2. The average molecular weight is 249 g/mol. The van der Waals surface area contributed by atoms with E-state index in [0.717, 1.165) is 6.08 Å². The summed E-state index contributed by atoms with van der Waals surface area (Å²) in [5.74, 6) is -0.926. The predicted molar refractivity (Wildman–Crippen MR) is 65.9 cm³/mol. The number of hydrogen-bond donors (Lipinski definition) is 3. The normalized spacial score (nSPS) is 10.6. The van der Waals surface area contributed by atoms with Crippen molar-refractivity contribution in [2.75, 3.05) is 6.61 Å². The number of ether oxygens (including phenoxy) is 1. The highest BCUT2D eigenvalue weighted by Crippen LogP contribution is 1.96. The second kappa shape index (κ2) is 6.95. The molecule has 0 aliphatic heterocycles. The fourth-order valence-corrected chi connectivity index (χ4v) is 1.14. The molecule has 6 heteroatoms. The van der Waals surface area contributed by atoms with Gasteiger partial charge in [0.2, 0.25) is 0 Å². The van der Waals surface area contributed by atoms with E-state index in [-0.39, 0.29) is 18.3 Å². The molecule has 0 heterocycles. The highest BCUT2D eigenvalue weighted by molar-refractivity contribution is 5.93. The monoisotopic (exact) mass is 249 g/mol. The van der Waals surface area contributed by atoms with E-state index in [1.165, 1.54) is 0 Å². The van der Waals surface area contributed by atoms with E-state index in [1.807, 2.05) is 0 Å². The third kappa shape index (κ3) is 4.56. The summed E-state index contributed by atoms with van der Waals surface area (Å²) in [4.78, 5) is 22.6. The second-order valence-electron chi connectivity index (χ2n) is 3.30. The fraction of sp³-hybridized carbons (Fsp3) is 0.167. The number of esters is 1. The van der Waals surface area contributed by atoms with Crippen LogP contribution in [0.15, 0.2) is 42.2 Å². The van der Waals surface area contributed by atoms with Gasteiger partial charge in [-0.2, -0.15) is 0 Å². The standard InChI is InChI=1S/C12H15N3O3/c1-2-18-11(16)8-10(13)14-15-12(17)9-6-4-3-5-7-9/h3-8,14H,2,13H2,1H3,(H,15,17)/b10-8+. The zero-order valence-electron chi connectivity index (χ0n) is 9.97. The average Bonchev–Trinajstić information content (AvgIpc) is 2.37. The molecule has 0 spiro atoms. The summed E-state index contributed by atoms with van der Waals surface area (Å²) in [6, 6.07) is 8.60. The molecule has 0 bridgehead atoms. The van der Waals surface area contributed by atoms with E-state index in [2.05, 4.69) is 15.6 Å². The summed E-state index contributed by atoms with van der Waals surface area (Å²) in [6.45, 7) is 1.95. The Balaban J connectivity index is 2.46. The summed E-state index contributed by atoms with van der Waals surface area (Å²) < 4.78 is 4.66. The van der Waals surface area contributed by atoms with Crippen molar-refractivity contribution < 1.29 is 14.3 Å². The molecule has 0 aliphatic carbocycles. The molecular weight excluding hydrogens is 234 g/mol. The van der Waals surface area contributed by atoms with Gasteiger partial charge in [-0.25, -0.2) is 4.79 Å². The van der Waals surface area contributed by atoms with Crippen molar-refractivity contribution in [1.29, 1.82) is 0 Å². The first kappa shape index (κ1) is 13.6. The topological polar surface area (TPSA) is 93.4 Å². The Bertz CT molecular complexity index is 443. The summed E-state index contributed by atoms with van der Waals surface area (Å²) in [7, 11) is 0. The van der Waals surface area contributed by atoms with Crippen molar-refractivity contribution in [3.05, 3.63) is 47.8 Å². The van der Waals surface area contributed by atoms with Gasteiger partial charge in [0.1, 0.15) is 5.82 Å². The molecule has 0 radical (unpaired) electrons. The lowest BCUT2D eigenvalue weighted by Crippen LogP contribution is -2.39. The Morgan fingerprint density at radius 1 is 1.28 bits per heavy atom. The number of nitrogens with two attached hydrogens (primary N) is 1. The van der Waals surface area contributed by atoms with E-state index in [1.54, 1.807) is 37.3 Å². The summed E-state index contributed by atoms with van der Waals surface area (Å²) >= 11 is 0. The van der Waals surface area contributed by atoms with Crippen LogP contribution in [0.5, 0.6) is 0 Å². The molecule has 96 valence electrons. The van der Waals surface area contributed by atoms with Gasteiger partial charge in [-0.1, -0.05) is 18.2 Å². The van der Waals surface area contributed by atoms with Crippen LogP contribution >= 0.6 is 0 Å². The van der Waals surface area contributed by atoms with Crippen molar-refractivity contribution in [1.82, 2.24) is 10.9 Å². The number of hydrazine groups is 1. The molecule has 0 fully saturated rings. The molecule has 4 N–H and O–H groups in total. The van der Waals surface area contributed by atoms with E-state index in [9.17, 15) is 9.59 Å². The summed E-state index contributed by atoms with van der Waals surface area (Å²) in [5.41, 5.74) is 10.7. The minimum absolute atomic E-state index is 0.00210.